The Hall–Kier alpha value is -0.770. The van der Waals surface area contributed by atoms with Crippen molar-refractivity contribution in [2.75, 3.05) is 19.7 Å². The first-order chi connectivity index (χ1) is 4.70. The zero-order chi connectivity index (χ0) is 7.56. The van der Waals surface area contributed by atoms with E-state index in [1.165, 1.54) is 4.90 Å². The van der Waals surface area contributed by atoms with Crippen molar-refractivity contribution >= 4 is 6.09 Å². The van der Waals surface area contributed by atoms with Gasteiger partial charge in [0, 0.05) is 6.54 Å². The van der Waals surface area contributed by atoms with Crippen LogP contribution in [0.2, 0.25) is 0 Å². The van der Waals surface area contributed by atoms with Gasteiger partial charge < -0.3 is 14.7 Å². The first-order valence-electron chi connectivity index (χ1n) is 3.30. The normalized spacial score (nSPS) is 21.0. The summed E-state index contributed by atoms with van der Waals surface area (Å²) in [5.41, 5.74) is 0. The van der Waals surface area contributed by atoms with Gasteiger partial charge in [0.1, 0.15) is 6.61 Å². The zero-order valence-corrected chi connectivity index (χ0v) is 5.91. The monoisotopic (exact) mass is 145 g/mol. The predicted molar refractivity (Wildman–Crippen MR) is 34.6 cm³/mol. The fourth-order valence-corrected chi connectivity index (χ4v) is 0.910. The Morgan fingerprint density at radius 1 is 1.90 bits per heavy atom. The van der Waals surface area contributed by atoms with Crippen LogP contribution in [-0.2, 0) is 4.74 Å². The molecule has 1 saturated heterocycles. The smallest absolute Gasteiger partial charge is 0.410 e. The number of nitrogens with zero attached hydrogens (tertiary/aromatic N) is 1. The maximum atomic E-state index is 10.7. The molecule has 58 valence electrons. The minimum Gasteiger partial charge on any atom is -0.448 e. The van der Waals surface area contributed by atoms with Crippen LogP contribution < -0.4 is 0 Å². The van der Waals surface area contributed by atoms with E-state index >= 15 is 0 Å². The summed E-state index contributed by atoms with van der Waals surface area (Å²) in [6.45, 7) is 3.07. The molecular formula is C6H11NO3. The first-order valence-corrected chi connectivity index (χ1v) is 3.30. The minimum atomic E-state index is -0.467. The molecule has 0 aliphatic carbocycles. The van der Waals surface area contributed by atoms with Crippen LogP contribution in [-0.4, -0.2) is 41.9 Å². The van der Waals surface area contributed by atoms with E-state index in [0.29, 0.717) is 19.7 Å². The molecule has 0 spiro atoms. The largest absolute Gasteiger partial charge is 0.448 e. The molecule has 1 aliphatic heterocycles. The number of amides is 1. The highest BCUT2D eigenvalue weighted by atomic mass is 16.6. The van der Waals surface area contributed by atoms with Crippen LogP contribution >= 0.6 is 0 Å². The third kappa shape index (κ3) is 1.60. The van der Waals surface area contributed by atoms with Crippen LogP contribution in [0.15, 0.2) is 0 Å². The second-order valence-electron chi connectivity index (χ2n) is 2.41. The molecule has 1 rings (SSSR count). The van der Waals surface area contributed by atoms with Crippen molar-refractivity contribution in [3.63, 3.8) is 0 Å². The van der Waals surface area contributed by atoms with E-state index in [-0.39, 0.29) is 6.09 Å². The Balaban J connectivity index is 2.33. The second kappa shape index (κ2) is 2.88. The third-order valence-electron chi connectivity index (χ3n) is 1.33. The van der Waals surface area contributed by atoms with Crippen molar-refractivity contribution in [2.24, 2.45) is 0 Å². The summed E-state index contributed by atoms with van der Waals surface area (Å²) in [6.07, 6.45) is -0.786. The van der Waals surface area contributed by atoms with Gasteiger partial charge in [0.2, 0.25) is 0 Å². The summed E-state index contributed by atoms with van der Waals surface area (Å²) in [5.74, 6) is 0. The number of rotatable bonds is 2. The van der Waals surface area contributed by atoms with Crippen LogP contribution in [0.5, 0.6) is 0 Å². The summed E-state index contributed by atoms with van der Waals surface area (Å²) in [7, 11) is 0. The summed E-state index contributed by atoms with van der Waals surface area (Å²) < 4.78 is 4.64. The van der Waals surface area contributed by atoms with Crippen LogP contribution in [0.25, 0.3) is 0 Å². The molecule has 4 heteroatoms. The maximum absolute atomic E-state index is 10.7. The molecule has 1 heterocycles. The Morgan fingerprint density at radius 2 is 2.60 bits per heavy atom. The quantitative estimate of drug-likeness (QED) is 0.586. The number of cyclic esters (lactones) is 1. The maximum Gasteiger partial charge on any atom is 0.410 e. The van der Waals surface area contributed by atoms with Gasteiger partial charge in [-0.25, -0.2) is 4.79 Å². The molecule has 10 heavy (non-hydrogen) atoms. The number of ether oxygens (including phenoxy) is 1. The van der Waals surface area contributed by atoms with E-state index in [1.54, 1.807) is 6.92 Å². The van der Waals surface area contributed by atoms with Gasteiger partial charge in [-0.05, 0) is 6.92 Å². The van der Waals surface area contributed by atoms with Gasteiger partial charge in [-0.15, -0.1) is 0 Å². The highest BCUT2D eigenvalue weighted by Crippen LogP contribution is 2.03. The number of aliphatic hydroxyl groups is 1. The number of carbonyl (C=O) groups is 1. The molecule has 0 radical (unpaired) electrons. The van der Waals surface area contributed by atoms with E-state index in [1.807, 2.05) is 0 Å². The summed E-state index contributed by atoms with van der Waals surface area (Å²) >= 11 is 0. The molecule has 0 saturated carbocycles. The van der Waals surface area contributed by atoms with Gasteiger partial charge in [0.05, 0.1) is 12.6 Å². The Labute approximate surface area is 59.4 Å². The Morgan fingerprint density at radius 3 is 3.00 bits per heavy atom. The van der Waals surface area contributed by atoms with E-state index in [2.05, 4.69) is 4.74 Å². The van der Waals surface area contributed by atoms with Crippen molar-refractivity contribution in [3.8, 4) is 0 Å². The molecule has 1 fully saturated rings. The minimum absolute atomic E-state index is 0.319. The second-order valence-corrected chi connectivity index (χ2v) is 2.41. The van der Waals surface area contributed by atoms with E-state index in [9.17, 15) is 4.79 Å². The van der Waals surface area contributed by atoms with Gasteiger partial charge in [-0.3, -0.25) is 0 Å². The fourth-order valence-electron chi connectivity index (χ4n) is 0.910. The number of hydrogen-bond acceptors (Lipinski definition) is 3. The van der Waals surface area contributed by atoms with Crippen LogP contribution in [0, 0.1) is 0 Å². The van der Waals surface area contributed by atoms with Gasteiger partial charge in [0.25, 0.3) is 0 Å². The lowest BCUT2D eigenvalue weighted by Gasteiger charge is -2.13. The lowest BCUT2D eigenvalue weighted by atomic mass is 10.4. The van der Waals surface area contributed by atoms with Crippen molar-refractivity contribution < 1.29 is 14.6 Å². The summed E-state index contributed by atoms with van der Waals surface area (Å²) in [6, 6.07) is 0. The SMILES string of the molecule is C[C@@H](O)CN1CCOC1=O. The molecule has 0 aromatic carbocycles. The molecule has 1 aliphatic rings. The average molecular weight is 145 g/mol. The predicted octanol–water partition coefficient (Wildman–Crippen LogP) is -0.181. The molecule has 0 unspecified atom stereocenters. The third-order valence-corrected chi connectivity index (χ3v) is 1.33. The molecular weight excluding hydrogens is 134 g/mol. The number of aliphatic hydroxyl groups excluding tert-OH is 1. The molecule has 0 bridgehead atoms. The average Bonchev–Trinajstić information content (AvgIpc) is 2.15. The molecule has 1 N–H and O–H groups in total. The molecule has 1 atom stereocenters. The molecule has 4 nitrogen and oxygen atoms in total. The number of hydrogen-bond donors (Lipinski definition) is 1. The Bertz CT molecular complexity index is 135. The molecule has 0 aromatic heterocycles. The standard InChI is InChI=1S/C6H11NO3/c1-5(8)4-7-2-3-10-6(7)9/h5,8H,2-4H2,1H3/t5-/m1/s1. The van der Waals surface area contributed by atoms with Crippen LogP contribution in [0.4, 0.5) is 4.79 Å². The lowest BCUT2D eigenvalue weighted by molar-refractivity contribution is 0.127. The highest BCUT2D eigenvalue weighted by molar-refractivity contribution is 5.69. The topological polar surface area (TPSA) is 49.8 Å². The van der Waals surface area contributed by atoms with Gasteiger partial charge >= 0.3 is 6.09 Å². The summed E-state index contributed by atoms with van der Waals surface area (Å²) in [5, 5.41) is 8.88. The van der Waals surface area contributed by atoms with Gasteiger partial charge in [-0.2, -0.15) is 0 Å². The van der Waals surface area contributed by atoms with Crippen molar-refractivity contribution in [2.45, 2.75) is 13.0 Å². The van der Waals surface area contributed by atoms with Gasteiger partial charge in [-0.1, -0.05) is 0 Å². The van der Waals surface area contributed by atoms with E-state index in [0.717, 1.165) is 0 Å². The first kappa shape index (κ1) is 7.34. The fraction of sp³-hybridized carbons (Fsp3) is 0.833. The number of carbonyl (C=O) groups excluding carboxylic acids is 1. The van der Waals surface area contributed by atoms with Crippen LogP contribution in [0.3, 0.4) is 0 Å². The highest BCUT2D eigenvalue weighted by Gasteiger charge is 2.22. The zero-order valence-electron chi connectivity index (χ0n) is 5.91. The van der Waals surface area contributed by atoms with E-state index in [4.69, 9.17) is 5.11 Å². The molecule has 1 amide bonds. The molecule has 0 aromatic rings. The van der Waals surface area contributed by atoms with Crippen molar-refractivity contribution in [3.05, 3.63) is 0 Å². The number of β-amino-alcohol motifs (C(OH)–C–C–N with tert-alkyl or cyclic N) is 1. The lowest BCUT2D eigenvalue weighted by Crippen LogP contribution is -2.31. The van der Waals surface area contributed by atoms with E-state index < -0.39 is 6.10 Å². The van der Waals surface area contributed by atoms with Crippen LogP contribution in [0.1, 0.15) is 6.92 Å². The van der Waals surface area contributed by atoms with Crippen molar-refractivity contribution in [1.82, 2.24) is 4.90 Å². The Kier molecular flexibility index (Phi) is 2.11. The summed E-state index contributed by atoms with van der Waals surface area (Å²) in [4.78, 5) is 12.2. The van der Waals surface area contributed by atoms with Gasteiger partial charge in [0.15, 0.2) is 0 Å². The van der Waals surface area contributed by atoms with Crippen molar-refractivity contribution in [1.29, 1.82) is 0 Å².